The van der Waals surface area contributed by atoms with Crippen molar-refractivity contribution in [3.8, 4) is 0 Å². The Morgan fingerprint density at radius 2 is 2.10 bits per heavy atom. The van der Waals surface area contributed by atoms with Crippen molar-refractivity contribution >= 4 is 23.1 Å². The van der Waals surface area contributed by atoms with Gasteiger partial charge in [0.15, 0.2) is 11.5 Å². The summed E-state index contributed by atoms with van der Waals surface area (Å²) in [5.74, 6) is 3.31. The third kappa shape index (κ3) is 3.25. The van der Waals surface area contributed by atoms with Gasteiger partial charge in [-0.15, -0.1) is 0 Å². The number of anilines is 1. The van der Waals surface area contributed by atoms with Crippen LogP contribution in [0.2, 0.25) is 0 Å². The summed E-state index contributed by atoms with van der Waals surface area (Å²) < 4.78 is 39.4. The van der Waals surface area contributed by atoms with Crippen LogP contribution in [0.4, 0.5) is 19.0 Å². The molecule has 3 heterocycles. The SMILES string of the molecule is FC(F)(F)c1cc2c(NCC3CCSCC3)nccn2n1. The van der Waals surface area contributed by atoms with Crippen molar-refractivity contribution in [1.29, 1.82) is 0 Å². The highest BCUT2D eigenvalue weighted by Gasteiger charge is 2.34. The largest absolute Gasteiger partial charge is 0.435 e. The Hall–Kier alpha value is -1.44. The van der Waals surface area contributed by atoms with E-state index in [1.54, 1.807) is 0 Å². The third-order valence-corrected chi connectivity index (χ3v) is 4.63. The predicted octanol–water partition coefficient (Wildman–Crippen LogP) is 3.30. The first-order chi connectivity index (χ1) is 10.0. The Morgan fingerprint density at radius 1 is 1.33 bits per heavy atom. The lowest BCUT2D eigenvalue weighted by Crippen LogP contribution is -2.19. The van der Waals surface area contributed by atoms with Crippen LogP contribution in [0.1, 0.15) is 18.5 Å². The van der Waals surface area contributed by atoms with E-state index in [0.717, 1.165) is 37.0 Å². The Balaban J connectivity index is 1.79. The minimum absolute atomic E-state index is 0.356. The van der Waals surface area contributed by atoms with Crippen LogP contribution in [0.5, 0.6) is 0 Å². The Kier molecular flexibility index (Phi) is 3.97. The first kappa shape index (κ1) is 14.5. The van der Waals surface area contributed by atoms with Gasteiger partial charge >= 0.3 is 6.18 Å². The maximum Gasteiger partial charge on any atom is 0.435 e. The number of thioether (sulfide) groups is 1. The normalized spacial score (nSPS) is 17.3. The number of alkyl halides is 3. The molecule has 2 aromatic rings. The van der Waals surface area contributed by atoms with E-state index in [0.29, 0.717) is 17.3 Å². The fraction of sp³-hybridized carbons (Fsp3) is 0.538. The summed E-state index contributed by atoms with van der Waals surface area (Å²) in [6.07, 6.45) is 0.706. The summed E-state index contributed by atoms with van der Waals surface area (Å²) in [5, 5.41) is 6.72. The van der Waals surface area contributed by atoms with Gasteiger partial charge in [-0.3, -0.25) is 0 Å². The molecule has 8 heteroatoms. The Bertz CT molecular complexity index is 619. The molecule has 0 saturated carbocycles. The molecule has 0 atom stereocenters. The van der Waals surface area contributed by atoms with Gasteiger partial charge in [0.05, 0.1) is 0 Å². The number of fused-ring (bicyclic) bond motifs is 1. The minimum atomic E-state index is -4.44. The molecule has 0 radical (unpaired) electrons. The van der Waals surface area contributed by atoms with Crippen molar-refractivity contribution in [2.24, 2.45) is 5.92 Å². The summed E-state index contributed by atoms with van der Waals surface area (Å²) in [6.45, 7) is 0.736. The molecule has 0 unspecified atom stereocenters. The molecular weight excluding hydrogens is 301 g/mol. The highest BCUT2D eigenvalue weighted by Crippen LogP contribution is 2.30. The number of nitrogens with zero attached hydrogens (tertiary/aromatic N) is 3. The van der Waals surface area contributed by atoms with Crippen molar-refractivity contribution in [3.05, 3.63) is 24.2 Å². The van der Waals surface area contributed by atoms with Crippen molar-refractivity contribution in [1.82, 2.24) is 14.6 Å². The van der Waals surface area contributed by atoms with E-state index in [1.807, 2.05) is 11.8 Å². The molecule has 114 valence electrons. The van der Waals surface area contributed by atoms with Crippen molar-refractivity contribution in [3.63, 3.8) is 0 Å². The summed E-state index contributed by atoms with van der Waals surface area (Å²) in [5.41, 5.74) is -0.539. The molecule has 21 heavy (non-hydrogen) atoms. The van der Waals surface area contributed by atoms with Crippen LogP contribution in [0.15, 0.2) is 18.5 Å². The second-order valence-electron chi connectivity index (χ2n) is 5.07. The van der Waals surface area contributed by atoms with Gasteiger partial charge in [-0.25, -0.2) is 9.50 Å². The lowest BCUT2D eigenvalue weighted by atomic mass is 10.0. The van der Waals surface area contributed by atoms with Crippen molar-refractivity contribution in [2.45, 2.75) is 19.0 Å². The highest BCUT2D eigenvalue weighted by atomic mass is 32.2. The molecule has 0 bridgehead atoms. The first-order valence-electron chi connectivity index (χ1n) is 6.77. The lowest BCUT2D eigenvalue weighted by Gasteiger charge is -2.21. The molecule has 1 aliphatic rings. The standard InChI is InChI=1S/C13H15F3N4S/c14-13(15,16)11-7-10-12(17-3-4-20(10)19-11)18-8-9-1-5-21-6-2-9/h3-4,7,9H,1-2,5-6,8H2,(H,17,18). The molecule has 1 aliphatic heterocycles. The van der Waals surface area contributed by atoms with Crippen LogP contribution in [0, 0.1) is 5.92 Å². The van der Waals surface area contributed by atoms with Crippen molar-refractivity contribution < 1.29 is 13.2 Å². The van der Waals surface area contributed by atoms with Crippen LogP contribution >= 0.6 is 11.8 Å². The second kappa shape index (κ2) is 5.75. The van der Waals surface area contributed by atoms with Gasteiger partial charge in [-0.1, -0.05) is 0 Å². The average Bonchev–Trinajstić information content (AvgIpc) is 2.91. The van der Waals surface area contributed by atoms with E-state index in [1.165, 1.54) is 16.9 Å². The molecule has 1 saturated heterocycles. The topological polar surface area (TPSA) is 42.2 Å². The number of aromatic nitrogens is 3. The molecule has 0 amide bonds. The summed E-state index contributed by atoms with van der Waals surface area (Å²) in [4.78, 5) is 4.14. The van der Waals surface area contributed by atoms with Crippen LogP contribution in [0.25, 0.3) is 5.52 Å². The molecular formula is C13H15F3N4S. The number of rotatable bonds is 3. The van der Waals surface area contributed by atoms with Crippen LogP contribution in [0.3, 0.4) is 0 Å². The van der Waals surface area contributed by atoms with Gasteiger partial charge < -0.3 is 5.32 Å². The van der Waals surface area contributed by atoms with E-state index in [2.05, 4.69) is 15.4 Å². The van der Waals surface area contributed by atoms with Crippen molar-refractivity contribution in [2.75, 3.05) is 23.4 Å². The van der Waals surface area contributed by atoms with E-state index in [-0.39, 0.29) is 0 Å². The summed E-state index contributed by atoms with van der Waals surface area (Å²) in [6, 6.07) is 1.03. The van der Waals surface area contributed by atoms with E-state index in [4.69, 9.17) is 0 Å². The molecule has 3 rings (SSSR count). The number of hydrogen-bond acceptors (Lipinski definition) is 4. The maximum atomic E-state index is 12.7. The van der Waals surface area contributed by atoms with Gasteiger partial charge in [0.2, 0.25) is 0 Å². The fourth-order valence-electron chi connectivity index (χ4n) is 2.39. The maximum absolute atomic E-state index is 12.7. The monoisotopic (exact) mass is 316 g/mol. The van der Waals surface area contributed by atoms with Gasteiger partial charge in [-0.05, 0) is 30.3 Å². The molecule has 1 N–H and O–H groups in total. The zero-order chi connectivity index (χ0) is 14.9. The molecule has 0 spiro atoms. The Labute approximate surface area is 124 Å². The summed E-state index contributed by atoms with van der Waals surface area (Å²) in [7, 11) is 0. The molecule has 1 fully saturated rings. The average molecular weight is 316 g/mol. The fourth-order valence-corrected chi connectivity index (χ4v) is 3.59. The molecule has 0 aromatic carbocycles. The molecule has 4 nitrogen and oxygen atoms in total. The van der Waals surface area contributed by atoms with Crippen LogP contribution < -0.4 is 5.32 Å². The van der Waals surface area contributed by atoms with Gasteiger partial charge in [0.1, 0.15) is 5.52 Å². The predicted molar refractivity (Wildman–Crippen MR) is 76.5 cm³/mol. The van der Waals surface area contributed by atoms with E-state index >= 15 is 0 Å². The van der Waals surface area contributed by atoms with Gasteiger partial charge in [0, 0.05) is 25.0 Å². The second-order valence-corrected chi connectivity index (χ2v) is 6.29. The number of nitrogens with one attached hydrogen (secondary N) is 1. The smallest absolute Gasteiger partial charge is 0.368 e. The van der Waals surface area contributed by atoms with Gasteiger partial charge in [-0.2, -0.15) is 30.0 Å². The van der Waals surface area contributed by atoms with Crippen LogP contribution in [-0.2, 0) is 6.18 Å². The first-order valence-corrected chi connectivity index (χ1v) is 7.93. The van der Waals surface area contributed by atoms with Gasteiger partial charge in [0.25, 0.3) is 0 Å². The molecule has 0 aliphatic carbocycles. The van der Waals surface area contributed by atoms with Crippen LogP contribution in [-0.4, -0.2) is 32.6 Å². The minimum Gasteiger partial charge on any atom is -0.368 e. The quantitative estimate of drug-likeness (QED) is 0.943. The Morgan fingerprint density at radius 3 is 2.81 bits per heavy atom. The number of halogens is 3. The zero-order valence-electron chi connectivity index (χ0n) is 11.2. The lowest BCUT2D eigenvalue weighted by molar-refractivity contribution is -0.141. The van der Waals surface area contributed by atoms with E-state index < -0.39 is 11.9 Å². The highest BCUT2D eigenvalue weighted by molar-refractivity contribution is 7.99. The number of hydrogen-bond donors (Lipinski definition) is 1. The zero-order valence-corrected chi connectivity index (χ0v) is 12.0. The third-order valence-electron chi connectivity index (χ3n) is 3.58. The summed E-state index contributed by atoms with van der Waals surface area (Å²) >= 11 is 1.95. The molecule has 2 aromatic heterocycles. The van der Waals surface area contributed by atoms with E-state index in [9.17, 15) is 13.2 Å².